The van der Waals surface area contributed by atoms with Gasteiger partial charge in [-0.05, 0) is 49.4 Å². The number of rotatable bonds is 6. The van der Waals surface area contributed by atoms with Crippen molar-refractivity contribution < 1.29 is 0 Å². The predicted octanol–water partition coefficient (Wildman–Crippen LogP) is 3.71. The van der Waals surface area contributed by atoms with Gasteiger partial charge >= 0.3 is 0 Å². The van der Waals surface area contributed by atoms with Crippen LogP contribution in [0.25, 0.3) is 0 Å². The molecule has 0 aromatic heterocycles. The van der Waals surface area contributed by atoms with Crippen LogP contribution in [0.4, 0.5) is 5.69 Å². The largest absolute Gasteiger partial charge is 0.374 e. The molecule has 0 bridgehead atoms. The monoisotopic (exact) mass is 268 g/mol. The average Bonchev–Trinajstić information content (AvgIpc) is 2.25. The normalized spacial score (nSPS) is 12.8. The maximum absolute atomic E-state index is 6.07. The zero-order valence-electron chi connectivity index (χ0n) is 11.9. The Balaban J connectivity index is 2.85. The van der Waals surface area contributed by atoms with Crippen molar-refractivity contribution in [3.05, 3.63) is 28.8 Å². The molecule has 1 rings (SSSR count). The Morgan fingerprint density at radius 1 is 1.28 bits per heavy atom. The lowest BCUT2D eigenvalue weighted by molar-refractivity contribution is 0.584. The molecule has 18 heavy (non-hydrogen) atoms. The molecule has 0 radical (unpaired) electrons. The van der Waals surface area contributed by atoms with Crippen molar-refractivity contribution in [2.45, 2.75) is 39.7 Å². The zero-order valence-corrected chi connectivity index (χ0v) is 12.7. The van der Waals surface area contributed by atoms with Gasteiger partial charge in [-0.1, -0.05) is 25.4 Å². The summed E-state index contributed by atoms with van der Waals surface area (Å²) >= 11 is 6.07. The summed E-state index contributed by atoms with van der Waals surface area (Å²) in [6.45, 7) is 7.58. The maximum Gasteiger partial charge on any atom is 0.0410 e. The molecular weight excluding hydrogens is 244 g/mol. The Morgan fingerprint density at radius 3 is 2.50 bits per heavy atom. The average molecular weight is 269 g/mol. The van der Waals surface area contributed by atoms with Crippen LogP contribution in [0.5, 0.6) is 0 Å². The molecule has 0 fully saturated rings. The first-order chi connectivity index (χ1) is 8.40. The van der Waals surface area contributed by atoms with Gasteiger partial charge < -0.3 is 10.6 Å². The number of benzene rings is 1. The first-order valence-corrected chi connectivity index (χ1v) is 7.03. The second kappa shape index (κ2) is 7.01. The Bertz CT molecular complexity index is 375. The SMILES string of the molecule is CC(C)CCN(C)c1ccc(Cl)cc1CC(C)N. The van der Waals surface area contributed by atoms with Gasteiger partial charge in [0, 0.05) is 30.3 Å². The number of anilines is 1. The molecule has 2 N–H and O–H groups in total. The fourth-order valence-corrected chi connectivity index (χ4v) is 2.20. The van der Waals surface area contributed by atoms with Gasteiger partial charge in [0.1, 0.15) is 0 Å². The molecule has 0 heterocycles. The highest BCUT2D eigenvalue weighted by atomic mass is 35.5. The lowest BCUT2D eigenvalue weighted by atomic mass is 10.0. The molecule has 0 saturated carbocycles. The molecule has 102 valence electrons. The Labute approximate surface area is 116 Å². The van der Waals surface area contributed by atoms with E-state index >= 15 is 0 Å². The summed E-state index contributed by atoms with van der Waals surface area (Å²) in [5.41, 5.74) is 8.39. The van der Waals surface area contributed by atoms with Gasteiger partial charge in [-0.25, -0.2) is 0 Å². The molecule has 0 spiro atoms. The Kier molecular flexibility index (Phi) is 5.97. The fourth-order valence-electron chi connectivity index (χ4n) is 2.01. The maximum atomic E-state index is 6.07. The van der Waals surface area contributed by atoms with Gasteiger partial charge in [-0.2, -0.15) is 0 Å². The standard InChI is InChI=1S/C15H25ClN2/c1-11(2)7-8-18(4)15-6-5-14(16)10-13(15)9-12(3)17/h5-6,10-12H,7-9,17H2,1-4H3. The van der Waals surface area contributed by atoms with E-state index in [1.165, 1.54) is 17.7 Å². The van der Waals surface area contributed by atoms with Crippen molar-refractivity contribution in [1.29, 1.82) is 0 Å². The van der Waals surface area contributed by atoms with E-state index in [9.17, 15) is 0 Å². The van der Waals surface area contributed by atoms with Crippen LogP contribution < -0.4 is 10.6 Å². The molecule has 2 nitrogen and oxygen atoms in total. The number of halogens is 1. The van der Waals surface area contributed by atoms with Crippen molar-refractivity contribution >= 4 is 17.3 Å². The third-order valence-electron chi connectivity index (χ3n) is 3.04. The van der Waals surface area contributed by atoms with E-state index in [0.717, 1.165) is 23.9 Å². The van der Waals surface area contributed by atoms with Crippen molar-refractivity contribution in [2.75, 3.05) is 18.5 Å². The van der Waals surface area contributed by atoms with Gasteiger partial charge in [0.05, 0.1) is 0 Å². The molecule has 1 aromatic carbocycles. The smallest absolute Gasteiger partial charge is 0.0410 e. The van der Waals surface area contributed by atoms with Crippen molar-refractivity contribution in [2.24, 2.45) is 11.7 Å². The highest BCUT2D eigenvalue weighted by Crippen LogP contribution is 2.25. The fraction of sp³-hybridized carbons (Fsp3) is 0.600. The third kappa shape index (κ3) is 4.87. The Morgan fingerprint density at radius 2 is 1.94 bits per heavy atom. The van der Waals surface area contributed by atoms with E-state index in [2.05, 4.69) is 31.9 Å². The number of nitrogens with two attached hydrogens (primary N) is 1. The molecule has 0 saturated heterocycles. The van der Waals surface area contributed by atoms with E-state index in [0.29, 0.717) is 0 Å². The lowest BCUT2D eigenvalue weighted by Gasteiger charge is -2.24. The first-order valence-electron chi connectivity index (χ1n) is 6.65. The molecule has 1 atom stereocenters. The second-order valence-corrected chi connectivity index (χ2v) is 5.99. The number of nitrogens with zero attached hydrogens (tertiary/aromatic N) is 1. The van der Waals surface area contributed by atoms with Gasteiger partial charge in [0.25, 0.3) is 0 Å². The van der Waals surface area contributed by atoms with Crippen molar-refractivity contribution in [3.8, 4) is 0 Å². The molecule has 0 aliphatic carbocycles. The molecule has 0 aliphatic rings. The molecule has 1 unspecified atom stereocenters. The van der Waals surface area contributed by atoms with Crippen LogP contribution >= 0.6 is 11.6 Å². The summed E-state index contributed by atoms with van der Waals surface area (Å²) in [6, 6.07) is 6.24. The van der Waals surface area contributed by atoms with Gasteiger partial charge in [-0.3, -0.25) is 0 Å². The van der Waals surface area contributed by atoms with Crippen LogP contribution in [-0.2, 0) is 6.42 Å². The first kappa shape index (κ1) is 15.3. The summed E-state index contributed by atoms with van der Waals surface area (Å²) in [7, 11) is 2.14. The van der Waals surface area contributed by atoms with E-state index in [4.69, 9.17) is 17.3 Å². The summed E-state index contributed by atoms with van der Waals surface area (Å²) < 4.78 is 0. The summed E-state index contributed by atoms with van der Waals surface area (Å²) in [5.74, 6) is 0.719. The summed E-state index contributed by atoms with van der Waals surface area (Å²) in [4.78, 5) is 2.30. The number of hydrogen-bond donors (Lipinski definition) is 1. The van der Waals surface area contributed by atoms with Crippen molar-refractivity contribution in [1.82, 2.24) is 0 Å². The minimum atomic E-state index is 0.153. The third-order valence-corrected chi connectivity index (χ3v) is 3.27. The molecule has 1 aromatic rings. The van der Waals surface area contributed by atoms with Gasteiger partial charge in [-0.15, -0.1) is 0 Å². The zero-order chi connectivity index (χ0) is 13.7. The van der Waals surface area contributed by atoms with E-state index in [1.54, 1.807) is 0 Å². The molecule has 3 heteroatoms. The highest BCUT2D eigenvalue weighted by molar-refractivity contribution is 6.30. The van der Waals surface area contributed by atoms with Gasteiger partial charge in [0.2, 0.25) is 0 Å². The molecule has 0 aliphatic heterocycles. The predicted molar refractivity (Wildman–Crippen MR) is 81.5 cm³/mol. The topological polar surface area (TPSA) is 29.3 Å². The van der Waals surface area contributed by atoms with E-state index in [1.807, 2.05) is 19.1 Å². The Hall–Kier alpha value is -0.730. The number of hydrogen-bond acceptors (Lipinski definition) is 2. The second-order valence-electron chi connectivity index (χ2n) is 5.56. The van der Waals surface area contributed by atoms with E-state index < -0.39 is 0 Å². The highest BCUT2D eigenvalue weighted by Gasteiger charge is 2.10. The van der Waals surface area contributed by atoms with Crippen LogP contribution in [0, 0.1) is 5.92 Å². The van der Waals surface area contributed by atoms with Crippen LogP contribution in [0.3, 0.4) is 0 Å². The summed E-state index contributed by atoms with van der Waals surface area (Å²) in [5, 5.41) is 0.784. The van der Waals surface area contributed by atoms with Crippen LogP contribution in [0.15, 0.2) is 18.2 Å². The minimum absolute atomic E-state index is 0.153. The van der Waals surface area contributed by atoms with Crippen LogP contribution in [0.1, 0.15) is 32.8 Å². The minimum Gasteiger partial charge on any atom is -0.374 e. The molecular formula is C15H25ClN2. The van der Waals surface area contributed by atoms with Gasteiger partial charge in [0.15, 0.2) is 0 Å². The summed E-state index contributed by atoms with van der Waals surface area (Å²) in [6.07, 6.45) is 2.05. The quantitative estimate of drug-likeness (QED) is 0.852. The van der Waals surface area contributed by atoms with E-state index in [-0.39, 0.29) is 6.04 Å². The molecule has 0 amide bonds. The van der Waals surface area contributed by atoms with Crippen LogP contribution in [0.2, 0.25) is 5.02 Å². The lowest BCUT2D eigenvalue weighted by Crippen LogP contribution is -2.24. The van der Waals surface area contributed by atoms with Crippen LogP contribution in [-0.4, -0.2) is 19.6 Å². The van der Waals surface area contributed by atoms with Crippen molar-refractivity contribution in [3.63, 3.8) is 0 Å².